The minimum absolute atomic E-state index is 0.0187. The van der Waals surface area contributed by atoms with Crippen molar-refractivity contribution in [1.82, 2.24) is 14.9 Å². The van der Waals surface area contributed by atoms with Gasteiger partial charge in [0.2, 0.25) is 5.76 Å². The third-order valence-corrected chi connectivity index (χ3v) is 5.19. The molecule has 0 aliphatic carbocycles. The fourth-order valence-electron chi connectivity index (χ4n) is 3.33. The minimum Gasteiger partial charge on any atom is -0.438 e. The van der Waals surface area contributed by atoms with Gasteiger partial charge >= 0.3 is 6.36 Å². The highest BCUT2D eigenvalue weighted by Gasteiger charge is 2.35. The summed E-state index contributed by atoms with van der Waals surface area (Å²) in [6.45, 7) is 1.83. The lowest BCUT2D eigenvalue weighted by Crippen LogP contribution is -2.27. The van der Waals surface area contributed by atoms with Crippen LogP contribution in [0.25, 0.3) is 0 Å². The van der Waals surface area contributed by atoms with E-state index in [0.29, 0.717) is 16.7 Å². The molecule has 1 unspecified atom stereocenters. The van der Waals surface area contributed by atoms with E-state index in [9.17, 15) is 22.8 Å². The number of oxazole rings is 1. The molecule has 8 nitrogen and oxygen atoms in total. The Morgan fingerprint density at radius 2 is 2.12 bits per heavy atom. The molecule has 1 aliphatic heterocycles. The Labute approximate surface area is 184 Å². The molecule has 2 amide bonds. The largest absolute Gasteiger partial charge is 0.573 e. The van der Waals surface area contributed by atoms with Crippen molar-refractivity contribution in [3.63, 3.8) is 0 Å². The molecule has 0 bridgehead atoms. The van der Waals surface area contributed by atoms with Crippen LogP contribution in [0.3, 0.4) is 0 Å². The van der Waals surface area contributed by atoms with E-state index in [2.05, 4.69) is 20.0 Å². The SMILES string of the molecule is CC(c1ccc(OC(F)(F)F)c(Cl)c1)N1Cc2c(ccnc2NC(=O)c2cnco2)C1=O. The van der Waals surface area contributed by atoms with Crippen molar-refractivity contribution in [2.24, 2.45) is 0 Å². The molecule has 0 saturated carbocycles. The molecular weight excluding hydrogens is 453 g/mol. The number of carbonyl (C=O) groups is 2. The number of anilines is 1. The Bertz CT molecular complexity index is 1180. The maximum absolute atomic E-state index is 13.0. The van der Waals surface area contributed by atoms with Gasteiger partial charge in [0.1, 0.15) is 11.6 Å². The summed E-state index contributed by atoms with van der Waals surface area (Å²) in [5.41, 5.74) is 1.36. The standard InChI is InChI=1S/C20H14ClF3N4O4/c1-10(11-2-3-15(14(21)6-11)32-20(22,23)24)28-8-13-12(19(28)30)4-5-26-17(13)27-18(29)16-7-25-9-31-16/h2-7,9-10H,8H2,1H3,(H,26,27,29). The van der Waals surface area contributed by atoms with Crippen LogP contribution in [0.1, 0.15) is 45.0 Å². The van der Waals surface area contributed by atoms with Gasteiger partial charge in [-0.2, -0.15) is 0 Å². The predicted octanol–water partition coefficient (Wildman–Crippen LogP) is 4.59. The number of aromatic nitrogens is 2. The Morgan fingerprint density at radius 1 is 1.34 bits per heavy atom. The van der Waals surface area contributed by atoms with E-state index in [4.69, 9.17) is 16.0 Å². The molecule has 3 heterocycles. The van der Waals surface area contributed by atoms with E-state index in [0.717, 1.165) is 12.5 Å². The Hall–Kier alpha value is -3.60. The monoisotopic (exact) mass is 466 g/mol. The van der Waals surface area contributed by atoms with Gasteiger partial charge in [-0.3, -0.25) is 9.59 Å². The van der Waals surface area contributed by atoms with Gasteiger partial charge in [-0.25, -0.2) is 9.97 Å². The number of amides is 2. The summed E-state index contributed by atoms with van der Waals surface area (Å²) in [4.78, 5) is 34.6. The number of fused-ring (bicyclic) bond motifs is 1. The van der Waals surface area contributed by atoms with E-state index >= 15 is 0 Å². The van der Waals surface area contributed by atoms with Gasteiger partial charge in [-0.1, -0.05) is 17.7 Å². The van der Waals surface area contributed by atoms with Crippen LogP contribution >= 0.6 is 11.6 Å². The molecule has 12 heteroatoms. The average molecular weight is 467 g/mol. The molecular formula is C20H14ClF3N4O4. The summed E-state index contributed by atoms with van der Waals surface area (Å²) in [6, 6.07) is 4.81. The number of hydrogen-bond acceptors (Lipinski definition) is 6. The smallest absolute Gasteiger partial charge is 0.438 e. The van der Waals surface area contributed by atoms with Crippen LogP contribution in [0.15, 0.2) is 47.5 Å². The number of nitrogens with zero attached hydrogens (tertiary/aromatic N) is 3. The molecule has 3 aromatic rings. The number of hydrogen-bond donors (Lipinski definition) is 1. The fourth-order valence-corrected chi connectivity index (χ4v) is 3.56. The number of rotatable bonds is 5. The lowest BCUT2D eigenvalue weighted by atomic mass is 10.1. The quantitative estimate of drug-likeness (QED) is 0.590. The number of carbonyl (C=O) groups excluding carboxylic acids is 2. The lowest BCUT2D eigenvalue weighted by molar-refractivity contribution is -0.274. The van der Waals surface area contributed by atoms with Crippen LogP contribution in [0, 0.1) is 0 Å². The first-order valence-electron chi connectivity index (χ1n) is 9.18. The Balaban J connectivity index is 1.56. The van der Waals surface area contributed by atoms with Gasteiger partial charge in [0.05, 0.1) is 23.8 Å². The zero-order chi connectivity index (χ0) is 23.0. The van der Waals surface area contributed by atoms with Gasteiger partial charge in [-0.15, -0.1) is 13.2 Å². The zero-order valence-electron chi connectivity index (χ0n) is 16.3. The summed E-state index contributed by atoms with van der Waals surface area (Å²) < 4.78 is 46.2. The Morgan fingerprint density at radius 3 is 2.78 bits per heavy atom. The van der Waals surface area contributed by atoms with E-state index in [1.807, 2.05) is 0 Å². The van der Waals surface area contributed by atoms with Gasteiger partial charge in [0.15, 0.2) is 6.39 Å². The first-order chi connectivity index (χ1) is 15.1. The van der Waals surface area contributed by atoms with Crippen molar-refractivity contribution >= 4 is 29.2 Å². The van der Waals surface area contributed by atoms with Crippen LogP contribution < -0.4 is 10.1 Å². The number of ether oxygens (including phenoxy) is 1. The van der Waals surface area contributed by atoms with Gasteiger partial charge < -0.3 is 19.4 Å². The molecule has 2 aromatic heterocycles. The third-order valence-electron chi connectivity index (χ3n) is 4.90. The molecule has 32 heavy (non-hydrogen) atoms. The summed E-state index contributed by atoms with van der Waals surface area (Å²) >= 11 is 5.94. The average Bonchev–Trinajstić information content (AvgIpc) is 3.37. The highest BCUT2D eigenvalue weighted by Crippen LogP contribution is 2.37. The molecule has 0 spiro atoms. The van der Waals surface area contributed by atoms with Crippen LogP contribution in [-0.2, 0) is 6.54 Å². The van der Waals surface area contributed by atoms with Crippen molar-refractivity contribution in [3.05, 3.63) is 70.5 Å². The van der Waals surface area contributed by atoms with E-state index in [1.165, 1.54) is 35.5 Å². The first kappa shape index (κ1) is 21.6. The van der Waals surface area contributed by atoms with Crippen LogP contribution in [0.2, 0.25) is 5.02 Å². The van der Waals surface area contributed by atoms with Crippen molar-refractivity contribution in [1.29, 1.82) is 0 Å². The van der Waals surface area contributed by atoms with Crippen molar-refractivity contribution in [2.45, 2.75) is 25.9 Å². The summed E-state index contributed by atoms with van der Waals surface area (Å²) in [5.74, 6) is -1.26. The number of halogens is 4. The van der Waals surface area contributed by atoms with E-state index in [1.54, 1.807) is 6.92 Å². The second-order valence-corrected chi connectivity index (χ2v) is 7.26. The normalized spacial score (nSPS) is 14.3. The molecule has 0 saturated heterocycles. The molecule has 0 radical (unpaired) electrons. The van der Waals surface area contributed by atoms with E-state index in [-0.39, 0.29) is 29.1 Å². The van der Waals surface area contributed by atoms with Crippen molar-refractivity contribution < 1.29 is 31.9 Å². The maximum atomic E-state index is 13.0. The number of benzene rings is 1. The highest BCUT2D eigenvalue weighted by atomic mass is 35.5. The predicted molar refractivity (Wildman–Crippen MR) is 105 cm³/mol. The molecule has 1 N–H and O–H groups in total. The second-order valence-electron chi connectivity index (χ2n) is 6.85. The topological polar surface area (TPSA) is 97.6 Å². The number of pyridine rings is 1. The summed E-state index contributed by atoms with van der Waals surface area (Å²) in [7, 11) is 0. The molecule has 4 rings (SSSR count). The van der Waals surface area contributed by atoms with Gasteiger partial charge in [0, 0.05) is 17.3 Å². The molecule has 1 aliphatic rings. The lowest BCUT2D eigenvalue weighted by Gasteiger charge is -2.25. The first-order valence-corrected chi connectivity index (χ1v) is 9.55. The van der Waals surface area contributed by atoms with Crippen molar-refractivity contribution in [2.75, 3.05) is 5.32 Å². The minimum atomic E-state index is -4.87. The number of nitrogens with one attached hydrogen (secondary N) is 1. The zero-order valence-corrected chi connectivity index (χ0v) is 17.1. The fraction of sp³-hybridized carbons (Fsp3) is 0.200. The molecule has 0 fully saturated rings. The molecule has 1 atom stereocenters. The summed E-state index contributed by atoms with van der Waals surface area (Å²) in [6.07, 6.45) is -1.13. The van der Waals surface area contributed by atoms with Crippen LogP contribution in [0.5, 0.6) is 5.75 Å². The van der Waals surface area contributed by atoms with Crippen LogP contribution in [-0.4, -0.2) is 33.0 Å². The highest BCUT2D eigenvalue weighted by molar-refractivity contribution is 6.32. The van der Waals surface area contributed by atoms with Crippen LogP contribution in [0.4, 0.5) is 19.0 Å². The molecule has 166 valence electrons. The van der Waals surface area contributed by atoms with E-state index < -0.39 is 24.1 Å². The number of alkyl halides is 3. The van der Waals surface area contributed by atoms with Gasteiger partial charge in [0.25, 0.3) is 11.8 Å². The second kappa shape index (κ2) is 8.15. The van der Waals surface area contributed by atoms with Gasteiger partial charge in [-0.05, 0) is 30.7 Å². The Kier molecular flexibility index (Phi) is 5.51. The maximum Gasteiger partial charge on any atom is 0.573 e. The molecule has 1 aromatic carbocycles. The summed E-state index contributed by atoms with van der Waals surface area (Å²) in [5, 5.41) is 2.36. The third kappa shape index (κ3) is 4.24. The van der Waals surface area contributed by atoms with Crippen molar-refractivity contribution in [3.8, 4) is 5.75 Å².